The molecule has 0 unspecified atom stereocenters. The van der Waals surface area contributed by atoms with Gasteiger partial charge in [0.15, 0.2) is 0 Å². The van der Waals surface area contributed by atoms with Gasteiger partial charge < -0.3 is 9.73 Å². The van der Waals surface area contributed by atoms with Gasteiger partial charge in [0.2, 0.25) is 0 Å². The van der Waals surface area contributed by atoms with Gasteiger partial charge in [0.1, 0.15) is 11.9 Å². The van der Waals surface area contributed by atoms with Crippen molar-refractivity contribution in [3.05, 3.63) is 52.7 Å². The Morgan fingerprint density at radius 1 is 1.35 bits per heavy atom. The number of aryl methyl sites for hydroxylation is 1. The van der Waals surface area contributed by atoms with Crippen molar-refractivity contribution in [2.75, 3.05) is 6.54 Å². The van der Waals surface area contributed by atoms with E-state index in [-0.39, 0.29) is 17.8 Å². The molecule has 0 spiro atoms. The van der Waals surface area contributed by atoms with E-state index in [9.17, 15) is 9.18 Å². The summed E-state index contributed by atoms with van der Waals surface area (Å²) in [6, 6.07) is 8.42. The topological polar surface area (TPSA) is 58.4 Å². The van der Waals surface area contributed by atoms with Gasteiger partial charge in [-0.1, -0.05) is 29.8 Å². The average Bonchev–Trinajstić information content (AvgIpc) is 3.22. The van der Waals surface area contributed by atoms with Crippen molar-refractivity contribution in [1.29, 1.82) is 0 Å². The highest BCUT2D eigenvalue weighted by atomic mass is 19.1. The third-order valence-electron chi connectivity index (χ3n) is 5.23. The molecule has 1 amide bonds. The summed E-state index contributed by atoms with van der Waals surface area (Å²) in [5.74, 6) is 0.572. The van der Waals surface area contributed by atoms with E-state index in [2.05, 4.69) is 46.4 Å². The van der Waals surface area contributed by atoms with Crippen LogP contribution >= 0.6 is 0 Å². The predicted octanol–water partition coefficient (Wildman–Crippen LogP) is 3.16. The molecule has 1 aromatic carbocycles. The Labute approximate surface area is 152 Å². The number of nitrogens with zero attached hydrogens (tertiary/aromatic N) is 2. The van der Waals surface area contributed by atoms with Gasteiger partial charge in [-0.2, -0.15) is 0 Å². The summed E-state index contributed by atoms with van der Waals surface area (Å²) in [6.45, 7) is 4.49. The van der Waals surface area contributed by atoms with E-state index in [1.807, 2.05) is 0 Å². The van der Waals surface area contributed by atoms with Crippen molar-refractivity contribution < 1.29 is 13.6 Å². The zero-order valence-electron chi connectivity index (χ0n) is 15.0. The second kappa shape index (κ2) is 7.19. The molecule has 0 saturated heterocycles. The maximum absolute atomic E-state index is 13.3. The SMILES string of the molecule is Cc1ccc(CN2CCc3oc(C(=O)N[C@@H]4CC[C@@H](F)C4)nc3C2)cc1. The van der Waals surface area contributed by atoms with Gasteiger partial charge in [0.05, 0.1) is 5.69 Å². The fourth-order valence-corrected chi connectivity index (χ4v) is 3.74. The number of fused-ring (bicyclic) bond motifs is 1. The quantitative estimate of drug-likeness (QED) is 0.913. The number of amides is 1. The minimum atomic E-state index is -0.812. The summed E-state index contributed by atoms with van der Waals surface area (Å²) in [5.41, 5.74) is 3.36. The number of alkyl halides is 1. The van der Waals surface area contributed by atoms with E-state index in [1.165, 1.54) is 11.1 Å². The molecule has 4 rings (SSSR count). The summed E-state index contributed by atoms with van der Waals surface area (Å²) < 4.78 is 18.9. The number of aromatic nitrogens is 1. The number of carbonyl (C=O) groups excluding carboxylic acids is 1. The molecule has 138 valence electrons. The maximum atomic E-state index is 13.3. The van der Waals surface area contributed by atoms with Crippen molar-refractivity contribution >= 4 is 5.91 Å². The Morgan fingerprint density at radius 2 is 2.15 bits per heavy atom. The van der Waals surface area contributed by atoms with Gasteiger partial charge in [-0.3, -0.25) is 9.69 Å². The van der Waals surface area contributed by atoms with E-state index in [4.69, 9.17) is 4.42 Å². The Hall–Kier alpha value is -2.21. The Morgan fingerprint density at radius 3 is 2.88 bits per heavy atom. The molecule has 5 nitrogen and oxygen atoms in total. The summed E-state index contributed by atoms with van der Waals surface area (Å²) in [7, 11) is 0. The molecule has 1 fully saturated rings. The van der Waals surface area contributed by atoms with Crippen LogP contribution < -0.4 is 5.32 Å². The van der Waals surface area contributed by atoms with Crippen LogP contribution in [0.5, 0.6) is 0 Å². The molecule has 1 aromatic heterocycles. The van der Waals surface area contributed by atoms with E-state index < -0.39 is 6.17 Å². The molecule has 2 aromatic rings. The number of nitrogens with one attached hydrogen (secondary N) is 1. The van der Waals surface area contributed by atoms with Gasteiger partial charge in [-0.05, 0) is 31.7 Å². The van der Waals surface area contributed by atoms with Crippen molar-refractivity contribution in [3.63, 3.8) is 0 Å². The number of hydrogen-bond donors (Lipinski definition) is 1. The smallest absolute Gasteiger partial charge is 0.307 e. The Balaban J connectivity index is 1.38. The third-order valence-corrected chi connectivity index (χ3v) is 5.23. The lowest BCUT2D eigenvalue weighted by atomic mass is 10.1. The molecule has 1 N–H and O–H groups in total. The Kier molecular flexibility index (Phi) is 4.76. The zero-order chi connectivity index (χ0) is 18.1. The van der Waals surface area contributed by atoms with Gasteiger partial charge in [0.25, 0.3) is 5.89 Å². The van der Waals surface area contributed by atoms with Crippen LogP contribution in [-0.2, 0) is 19.5 Å². The molecule has 2 atom stereocenters. The molecule has 1 aliphatic heterocycles. The second-order valence-corrected chi connectivity index (χ2v) is 7.42. The Bertz CT molecular complexity index is 787. The maximum Gasteiger partial charge on any atom is 0.307 e. The summed E-state index contributed by atoms with van der Waals surface area (Å²) in [6.07, 6.45) is 1.51. The van der Waals surface area contributed by atoms with E-state index in [0.717, 1.165) is 31.0 Å². The number of rotatable bonds is 4. The van der Waals surface area contributed by atoms with Gasteiger partial charge >= 0.3 is 5.91 Å². The number of oxazole rings is 1. The summed E-state index contributed by atoms with van der Waals surface area (Å²) in [5, 5.41) is 2.84. The monoisotopic (exact) mass is 357 g/mol. The lowest BCUT2D eigenvalue weighted by Gasteiger charge is -2.25. The molecule has 1 aliphatic carbocycles. The van der Waals surface area contributed by atoms with Crippen molar-refractivity contribution in [3.8, 4) is 0 Å². The lowest BCUT2D eigenvalue weighted by molar-refractivity contribution is 0.0899. The molecular weight excluding hydrogens is 333 g/mol. The first kappa shape index (κ1) is 17.2. The molecule has 1 saturated carbocycles. The molecule has 0 radical (unpaired) electrons. The largest absolute Gasteiger partial charge is 0.437 e. The van der Waals surface area contributed by atoms with Crippen LogP contribution in [0.25, 0.3) is 0 Å². The van der Waals surface area contributed by atoms with Crippen LogP contribution in [-0.4, -0.2) is 34.5 Å². The summed E-state index contributed by atoms with van der Waals surface area (Å²) >= 11 is 0. The first-order chi connectivity index (χ1) is 12.6. The van der Waals surface area contributed by atoms with Crippen LogP contribution in [0.4, 0.5) is 4.39 Å². The van der Waals surface area contributed by atoms with E-state index in [1.54, 1.807) is 0 Å². The standard InChI is InChI=1S/C20H24FN3O2/c1-13-2-4-14(5-3-13)11-24-9-8-18-17(12-24)23-20(26-18)19(25)22-16-7-6-15(21)10-16/h2-5,15-16H,6-12H2,1H3,(H,22,25)/t15-,16-/m1/s1. The number of benzene rings is 1. The highest BCUT2D eigenvalue weighted by molar-refractivity contribution is 5.90. The van der Waals surface area contributed by atoms with Crippen LogP contribution in [0.2, 0.25) is 0 Å². The van der Waals surface area contributed by atoms with Crippen LogP contribution in [0, 0.1) is 6.92 Å². The first-order valence-electron chi connectivity index (χ1n) is 9.28. The minimum absolute atomic E-state index is 0.106. The fourth-order valence-electron chi connectivity index (χ4n) is 3.74. The predicted molar refractivity (Wildman–Crippen MR) is 95.5 cm³/mol. The zero-order valence-corrected chi connectivity index (χ0v) is 15.0. The molecule has 0 bridgehead atoms. The third kappa shape index (κ3) is 3.80. The number of halogens is 1. The molecular formula is C20H24FN3O2. The van der Waals surface area contributed by atoms with Crippen molar-refractivity contribution in [2.45, 2.75) is 57.9 Å². The second-order valence-electron chi connectivity index (χ2n) is 7.42. The van der Waals surface area contributed by atoms with E-state index >= 15 is 0 Å². The van der Waals surface area contributed by atoms with Crippen LogP contribution in [0.15, 0.2) is 28.7 Å². The molecule has 6 heteroatoms. The highest BCUT2D eigenvalue weighted by Crippen LogP contribution is 2.24. The highest BCUT2D eigenvalue weighted by Gasteiger charge is 2.29. The van der Waals surface area contributed by atoms with Crippen LogP contribution in [0.3, 0.4) is 0 Å². The molecule has 2 heterocycles. The van der Waals surface area contributed by atoms with E-state index in [0.29, 0.717) is 25.8 Å². The van der Waals surface area contributed by atoms with Crippen molar-refractivity contribution in [2.24, 2.45) is 0 Å². The number of hydrogen-bond acceptors (Lipinski definition) is 4. The average molecular weight is 357 g/mol. The minimum Gasteiger partial charge on any atom is -0.437 e. The lowest BCUT2D eigenvalue weighted by Crippen LogP contribution is -2.33. The van der Waals surface area contributed by atoms with Crippen molar-refractivity contribution in [1.82, 2.24) is 15.2 Å². The molecule has 26 heavy (non-hydrogen) atoms. The summed E-state index contributed by atoms with van der Waals surface area (Å²) in [4.78, 5) is 19.0. The van der Waals surface area contributed by atoms with Gasteiger partial charge in [-0.15, -0.1) is 0 Å². The fraction of sp³-hybridized carbons (Fsp3) is 0.500. The molecule has 2 aliphatic rings. The van der Waals surface area contributed by atoms with Gasteiger partial charge in [-0.25, -0.2) is 9.37 Å². The normalized spacial score (nSPS) is 23.0. The van der Waals surface area contributed by atoms with Gasteiger partial charge in [0, 0.05) is 32.1 Å². The van der Waals surface area contributed by atoms with Crippen LogP contribution in [0.1, 0.15) is 52.5 Å². The first-order valence-corrected chi connectivity index (χ1v) is 9.28. The number of carbonyl (C=O) groups is 1.